The van der Waals surface area contributed by atoms with Crippen molar-refractivity contribution in [3.8, 4) is 6.07 Å². The summed E-state index contributed by atoms with van der Waals surface area (Å²) >= 11 is 0. The van der Waals surface area contributed by atoms with E-state index in [1.165, 1.54) is 5.56 Å². The van der Waals surface area contributed by atoms with E-state index in [-0.39, 0.29) is 6.61 Å². The van der Waals surface area contributed by atoms with Crippen molar-refractivity contribution >= 4 is 6.16 Å². The van der Waals surface area contributed by atoms with Crippen molar-refractivity contribution in [2.45, 2.75) is 25.9 Å². The lowest BCUT2D eigenvalue weighted by Crippen LogP contribution is -2.15. The standard InChI is InChI=1S/C15H17NO3/c1-2-18-15(17)19-14(12-16)11-7-6-10-13-8-4-3-5-9-13/h3-5,7-9,11,14H,2,6,10H2,1H3/b11-7+/t14-/m1/s1. The number of hydrogen-bond donors (Lipinski definition) is 0. The monoisotopic (exact) mass is 259 g/mol. The molecule has 1 aromatic rings. The fourth-order valence-electron chi connectivity index (χ4n) is 1.48. The Kier molecular flexibility index (Phi) is 6.81. The molecule has 4 nitrogen and oxygen atoms in total. The van der Waals surface area contributed by atoms with Gasteiger partial charge in [0.2, 0.25) is 6.10 Å². The number of nitriles is 1. The lowest BCUT2D eigenvalue weighted by Gasteiger charge is -2.06. The molecule has 0 saturated heterocycles. The van der Waals surface area contributed by atoms with Crippen LogP contribution in [0.2, 0.25) is 0 Å². The van der Waals surface area contributed by atoms with Crippen molar-refractivity contribution in [2.24, 2.45) is 0 Å². The summed E-state index contributed by atoms with van der Waals surface area (Å²) in [6.07, 6.45) is 3.36. The second kappa shape index (κ2) is 8.76. The van der Waals surface area contributed by atoms with Crippen LogP contribution in [0.4, 0.5) is 4.79 Å². The van der Waals surface area contributed by atoms with Crippen molar-refractivity contribution in [3.05, 3.63) is 48.0 Å². The first kappa shape index (κ1) is 14.8. The summed E-state index contributed by atoms with van der Waals surface area (Å²) in [4.78, 5) is 11.0. The molecule has 0 aliphatic carbocycles. The van der Waals surface area contributed by atoms with Crippen molar-refractivity contribution in [2.75, 3.05) is 6.61 Å². The smallest absolute Gasteiger partial charge is 0.435 e. The van der Waals surface area contributed by atoms with Crippen LogP contribution in [0, 0.1) is 11.3 Å². The van der Waals surface area contributed by atoms with Gasteiger partial charge in [-0.05, 0) is 31.4 Å². The molecule has 19 heavy (non-hydrogen) atoms. The molecule has 100 valence electrons. The minimum Gasteiger partial charge on any atom is -0.435 e. The fourth-order valence-corrected chi connectivity index (χ4v) is 1.48. The summed E-state index contributed by atoms with van der Waals surface area (Å²) in [6.45, 7) is 1.91. The maximum Gasteiger partial charge on any atom is 0.509 e. The summed E-state index contributed by atoms with van der Waals surface area (Å²) in [7, 11) is 0. The zero-order chi connectivity index (χ0) is 13.9. The highest BCUT2D eigenvalue weighted by atomic mass is 16.7. The SMILES string of the molecule is CCOC(=O)O[C@@H](C#N)/C=C/CCc1ccccc1. The molecule has 0 aromatic heterocycles. The van der Waals surface area contributed by atoms with Gasteiger partial charge in [0.1, 0.15) is 6.07 Å². The third-order valence-electron chi connectivity index (χ3n) is 2.37. The highest BCUT2D eigenvalue weighted by molar-refractivity contribution is 5.60. The molecular formula is C15H17NO3. The van der Waals surface area contributed by atoms with E-state index in [1.807, 2.05) is 42.5 Å². The van der Waals surface area contributed by atoms with Gasteiger partial charge in [0.15, 0.2) is 0 Å². The van der Waals surface area contributed by atoms with Gasteiger partial charge in [0, 0.05) is 0 Å². The quantitative estimate of drug-likeness (QED) is 0.581. The Morgan fingerprint density at radius 3 is 2.79 bits per heavy atom. The predicted molar refractivity (Wildman–Crippen MR) is 71.4 cm³/mol. The molecule has 0 spiro atoms. The molecule has 0 amide bonds. The molecule has 1 atom stereocenters. The van der Waals surface area contributed by atoms with Crippen molar-refractivity contribution < 1.29 is 14.3 Å². The molecule has 0 fully saturated rings. The lowest BCUT2D eigenvalue weighted by atomic mass is 10.1. The van der Waals surface area contributed by atoms with Crippen molar-refractivity contribution in [1.82, 2.24) is 0 Å². The zero-order valence-corrected chi connectivity index (χ0v) is 10.9. The molecule has 0 saturated carbocycles. The maximum atomic E-state index is 11.0. The molecule has 0 aliphatic rings. The van der Waals surface area contributed by atoms with Gasteiger partial charge in [0.25, 0.3) is 0 Å². The van der Waals surface area contributed by atoms with Gasteiger partial charge in [-0.1, -0.05) is 36.4 Å². The fraction of sp³-hybridized carbons (Fsp3) is 0.333. The van der Waals surface area contributed by atoms with Crippen LogP contribution in [0.5, 0.6) is 0 Å². The Balaban J connectivity index is 2.33. The van der Waals surface area contributed by atoms with E-state index in [9.17, 15) is 4.79 Å². The van der Waals surface area contributed by atoms with Crippen molar-refractivity contribution in [1.29, 1.82) is 5.26 Å². The van der Waals surface area contributed by atoms with Gasteiger partial charge in [0.05, 0.1) is 6.61 Å². The zero-order valence-electron chi connectivity index (χ0n) is 10.9. The molecular weight excluding hydrogens is 242 g/mol. The number of nitrogens with zero attached hydrogens (tertiary/aromatic N) is 1. The molecule has 1 rings (SSSR count). The third kappa shape index (κ3) is 6.27. The van der Waals surface area contributed by atoms with Crippen molar-refractivity contribution in [3.63, 3.8) is 0 Å². The number of carbonyl (C=O) groups excluding carboxylic acids is 1. The Morgan fingerprint density at radius 1 is 1.42 bits per heavy atom. The van der Waals surface area contributed by atoms with E-state index in [2.05, 4.69) is 4.74 Å². The normalized spacial score (nSPS) is 11.8. The van der Waals surface area contributed by atoms with E-state index < -0.39 is 12.3 Å². The Hall–Kier alpha value is -2.28. The summed E-state index contributed by atoms with van der Waals surface area (Å²) in [6, 6.07) is 11.9. The van der Waals surface area contributed by atoms with Crippen LogP contribution in [-0.2, 0) is 15.9 Å². The molecule has 0 heterocycles. The lowest BCUT2D eigenvalue weighted by molar-refractivity contribution is 0.0534. The van der Waals surface area contributed by atoms with Crippen LogP contribution in [-0.4, -0.2) is 18.9 Å². The number of allylic oxidation sites excluding steroid dienone is 1. The number of ether oxygens (including phenoxy) is 2. The highest BCUT2D eigenvalue weighted by Crippen LogP contribution is 2.04. The van der Waals surface area contributed by atoms with Gasteiger partial charge in [-0.3, -0.25) is 0 Å². The third-order valence-corrected chi connectivity index (χ3v) is 2.37. The average Bonchev–Trinajstić information content (AvgIpc) is 2.43. The Bertz CT molecular complexity index is 448. The van der Waals surface area contributed by atoms with Crippen LogP contribution in [0.1, 0.15) is 18.9 Å². The summed E-state index contributed by atoms with van der Waals surface area (Å²) in [5.41, 5.74) is 1.23. The summed E-state index contributed by atoms with van der Waals surface area (Å²) in [5, 5.41) is 8.83. The molecule has 0 aliphatic heterocycles. The van der Waals surface area contributed by atoms with E-state index in [1.54, 1.807) is 13.0 Å². The van der Waals surface area contributed by atoms with Crippen LogP contribution in [0.3, 0.4) is 0 Å². The number of rotatable bonds is 6. The first-order chi connectivity index (χ1) is 9.26. The maximum absolute atomic E-state index is 11.0. The van der Waals surface area contributed by atoms with Crippen LogP contribution < -0.4 is 0 Å². The van der Waals surface area contributed by atoms with Gasteiger partial charge >= 0.3 is 6.16 Å². The number of benzene rings is 1. The summed E-state index contributed by atoms with van der Waals surface area (Å²) < 4.78 is 9.39. The Morgan fingerprint density at radius 2 is 2.16 bits per heavy atom. The minimum atomic E-state index is -0.894. The van der Waals surface area contributed by atoms with Crippen LogP contribution in [0.15, 0.2) is 42.5 Å². The predicted octanol–water partition coefficient (Wildman–Crippen LogP) is 3.24. The first-order valence-electron chi connectivity index (χ1n) is 6.20. The molecule has 0 unspecified atom stereocenters. The second-order valence-corrected chi connectivity index (χ2v) is 3.80. The second-order valence-electron chi connectivity index (χ2n) is 3.80. The molecule has 0 radical (unpaired) electrons. The molecule has 1 aromatic carbocycles. The largest absolute Gasteiger partial charge is 0.509 e. The molecule has 0 N–H and O–H groups in total. The van der Waals surface area contributed by atoms with E-state index in [0.29, 0.717) is 0 Å². The van der Waals surface area contributed by atoms with Gasteiger partial charge in [-0.2, -0.15) is 5.26 Å². The molecule has 4 heteroatoms. The van der Waals surface area contributed by atoms with Gasteiger partial charge in [-0.25, -0.2) is 4.79 Å². The van der Waals surface area contributed by atoms with E-state index in [0.717, 1.165) is 12.8 Å². The topological polar surface area (TPSA) is 59.3 Å². The van der Waals surface area contributed by atoms with E-state index >= 15 is 0 Å². The van der Waals surface area contributed by atoms with Crippen LogP contribution in [0.25, 0.3) is 0 Å². The van der Waals surface area contributed by atoms with E-state index in [4.69, 9.17) is 10.00 Å². The first-order valence-corrected chi connectivity index (χ1v) is 6.20. The Labute approximate surface area is 113 Å². The van der Waals surface area contributed by atoms with Gasteiger partial charge in [-0.15, -0.1) is 0 Å². The minimum absolute atomic E-state index is 0.231. The summed E-state index contributed by atoms with van der Waals surface area (Å²) in [5.74, 6) is 0. The number of aryl methyl sites for hydroxylation is 1. The highest BCUT2D eigenvalue weighted by Gasteiger charge is 2.10. The average molecular weight is 259 g/mol. The van der Waals surface area contributed by atoms with Crippen LogP contribution >= 0.6 is 0 Å². The number of carbonyl (C=O) groups is 1. The number of hydrogen-bond acceptors (Lipinski definition) is 4. The molecule has 0 bridgehead atoms. The van der Waals surface area contributed by atoms with Gasteiger partial charge < -0.3 is 9.47 Å².